The molecule has 2 aromatic heterocycles. The van der Waals surface area contributed by atoms with Crippen LogP contribution >= 0.6 is 0 Å². The highest BCUT2D eigenvalue weighted by molar-refractivity contribution is 6.00. The Kier molecular flexibility index (Phi) is 5.47. The predicted octanol–water partition coefficient (Wildman–Crippen LogP) is 2.44. The first kappa shape index (κ1) is 21.0. The maximum Gasteiger partial charge on any atom is 0.211 e. The van der Waals surface area contributed by atoms with Gasteiger partial charge in [0.1, 0.15) is 30.0 Å². The quantitative estimate of drug-likeness (QED) is 0.332. The van der Waals surface area contributed by atoms with Crippen molar-refractivity contribution in [1.29, 1.82) is 0 Å². The van der Waals surface area contributed by atoms with E-state index in [1.165, 1.54) is 11.0 Å². The molecule has 0 saturated carbocycles. The van der Waals surface area contributed by atoms with Crippen molar-refractivity contribution in [3.8, 4) is 11.3 Å². The molecule has 0 radical (unpaired) electrons. The summed E-state index contributed by atoms with van der Waals surface area (Å²) < 4.78 is 7.29. The number of aromatic nitrogens is 4. The second-order valence-electron chi connectivity index (χ2n) is 7.76. The Morgan fingerprint density at radius 2 is 1.76 bits per heavy atom. The highest BCUT2D eigenvalue weighted by atomic mass is 16.6. The Hall–Kier alpha value is -3.86. The Labute approximate surface area is 188 Å². The molecule has 1 saturated heterocycles. The number of nitrogens with one attached hydrogen (secondary N) is 2. The van der Waals surface area contributed by atoms with E-state index in [0.29, 0.717) is 34.6 Å². The Bertz CT molecular complexity index is 1280. The third-order valence-corrected chi connectivity index (χ3v) is 5.63. The number of aliphatic hydroxyl groups is 2. The lowest BCUT2D eigenvalue weighted by atomic mass is 10.1. The van der Waals surface area contributed by atoms with Gasteiger partial charge >= 0.3 is 0 Å². The highest BCUT2D eigenvalue weighted by Crippen LogP contribution is 2.37. The number of fused-ring (bicyclic) bond motifs is 1. The zero-order valence-corrected chi connectivity index (χ0v) is 17.7. The summed E-state index contributed by atoms with van der Waals surface area (Å²) in [5.41, 5.74) is 3.23. The Morgan fingerprint density at radius 1 is 1.00 bits per heavy atom. The average molecular weight is 446 g/mol. The van der Waals surface area contributed by atoms with E-state index in [0.717, 1.165) is 11.3 Å². The summed E-state index contributed by atoms with van der Waals surface area (Å²) >= 11 is 0. The van der Waals surface area contributed by atoms with E-state index < -0.39 is 24.5 Å². The minimum Gasteiger partial charge on any atom is -0.388 e. The number of hydrogen-bond acceptors (Lipinski definition) is 8. The summed E-state index contributed by atoms with van der Waals surface area (Å²) in [4.78, 5) is 19.6. The number of aliphatic hydroxyl groups excluding tert-OH is 2. The normalized spacial score (nSPS) is 22.4. The number of ether oxygens (including phenoxy) is 1. The number of rotatable bonds is 6. The van der Waals surface area contributed by atoms with E-state index in [2.05, 4.69) is 20.6 Å². The topological polar surface area (TPSA) is 134 Å². The zero-order valence-electron chi connectivity index (χ0n) is 17.7. The standard InChI is InChI=1S/C23H22N6O4/c1-13-19(31)20(32)23(33-13)29-22-17(18(28-29)14-7-9-15(10-8-14)26-12-30)21(24-11-25-22)27-16-5-3-2-4-6-16/h2-13,19-20,23,31-32H,1H3,(H,26,30)(H,24,25,27)/t13-,19+,20+,23-/m1/s1. The van der Waals surface area contributed by atoms with Crippen molar-refractivity contribution >= 4 is 34.6 Å². The molecule has 1 fully saturated rings. The third-order valence-electron chi connectivity index (χ3n) is 5.63. The molecule has 0 unspecified atom stereocenters. The van der Waals surface area contributed by atoms with Crippen LogP contribution in [0, 0.1) is 0 Å². The predicted molar refractivity (Wildman–Crippen MR) is 122 cm³/mol. The molecule has 1 aliphatic rings. The summed E-state index contributed by atoms with van der Waals surface area (Å²) in [6.07, 6.45) is -1.67. The number of anilines is 3. The monoisotopic (exact) mass is 446 g/mol. The zero-order chi connectivity index (χ0) is 22.9. The molecule has 4 N–H and O–H groups in total. The average Bonchev–Trinajstić information content (AvgIpc) is 3.34. The molecule has 0 aliphatic carbocycles. The number of carbonyl (C=O) groups is 1. The summed E-state index contributed by atoms with van der Waals surface area (Å²) in [6.45, 7) is 1.69. The molecular formula is C23H22N6O4. The van der Waals surface area contributed by atoms with Gasteiger partial charge < -0.3 is 25.6 Å². The van der Waals surface area contributed by atoms with Crippen LogP contribution in [-0.4, -0.2) is 54.7 Å². The minimum atomic E-state index is -1.17. The van der Waals surface area contributed by atoms with E-state index in [9.17, 15) is 15.0 Å². The van der Waals surface area contributed by atoms with E-state index in [1.54, 1.807) is 19.1 Å². The van der Waals surface area contributed by atoms with Gasteiger partial charge in [0.15, 0.2) is 11.9 Å². The maximum atomic E-state index is 10.7. The maximum absolute atomic E-state index is 10.7. The van der Waals surface area contributed by atoms with Crippen molar-refractivity contribution in [1.82, 2.24) is 19.7 Å². The van der Waals surface area contributed by atoms with Gasteiger partial charge in [-0.1, -0.05) is 30.3 Å². The summed E-state index contributed by atoms with van der Waals surface area (Å²) in [5.74, 6) is 0.531. The van der Waals surface area contributed by atoms with Gasteiger partial charge in [-0.25, -0.2) is 14.6 Å². The van der Waals surface area contributed by atoms with Gasteiger partial charge in [-0.2, -0.15) is 5.10 Å². The molecular weight excluding hydrogens is 424 g/mol. The second-order valence-corrected chi connectivity index (χ2v) is 7.76. The van der Waals surface area contributed by atoms with Crippen LogP contribution < -0.4 is 10.6 Å². The summed E-state index contributed by atoms with van der Waals surface area (Å²) in [6, 6.07) is 16.7. The highest BCUT2D eigenvalue weighted by Gasteiger charge is 2.43. The van der Waals surface area contributed by atoms with Crippen LogP contribution in [0.3, 0.4) is 0 Å². The van der Waals surface area contributed by atoms with Gasteiger partial charge in [0, 0.05) is 16.9 Å². The molecule has 0 spiro atoms. The largest absolute Gasteiger partial charge is 0.388 e. The lowest BCUT2D eigenvalue weighted by molar-refractivity contribution is -0.105. The van der Waals surface area contributed by atoms with E-state index in [4.69, 9.17) is 9.84 Å². The van der Waals surface area contributed by atoms with Crippen molar-refractivity contribution in [2.24, 2.45) is 0 Å². The number of nitrogens with zero attached hydrogens (tertiary/aromatic N) is 4. The molecule has 3 heterocycles. The fourth-order valence-electron chi connectivity index (χ4n) is 3.93. The molecule has 5 rings (SSSR count). The number of carbonyl (C=O) groups excluding carboxylic acids is 1. The van der Waals surface area contributed by atoms with Crippen molar-refractivity contribution in [3.63, 3.8) is 0 Å². The van der Waals surface area contributed by atoms with Crippen molar-refractivity contribution in [2.75, 3.05) is 10.6 Å². The molecule has 0 bridgehead atoms. The lowest BCUT2D eigenvalue weighted by Gasteiger charge is -2.15. The number of amides is 1. The molecule has 10 nitrogen and oxygen atoms in total. The van der Waals surface area contributed by atoms with Crippen LogP contribution in [0.1, 0.15) is 13.2 Å². The van der Waals surface area contributed by atoms with Crippen molar-refractivity contribution < 1.29 is 19.7 Å². The van der Waals surface area contributed by atoms with Gasteiger partial charge in [0.2, 0.25) is 6.41 Å². The first-order valence-corrected chi connectivity index (χ1v) is 10.4. The van der Waals surface area contributed by atoms with Gasteiger partial charge in [0.25, 0.3) is 0 Å². The van der Waals surface area contributed by atoms with Crippen LogP contribution in [0.25, 0.3) is 22.3 Å². The molecule has 33 heavy (non-hydrogen) atoms. The molecule has 4 atom stereocenters. The first-order valence-electron chi connectivity index (χ1n) is 10.4. The number of para-hydroxylation sites is 1. The Balaban J connectivity index is 1.67. The Morgan fingerprint density at radius 3 is 2.42 bits per heavy atom. The van der Waals surface area contributed by atoms with E-state index in [1.807, 2.05) is 42.5 Å². The van der Waals surface area contributed by atoms with Gasteiger partial charge in [-0.15, -0.1) is 0 Å². The molecule has 4 aromatic rings. The van der Waals surface area contributed by atoms with E-state index >= 15 is 0 Å². The van der Waals surface area contributed by atoms with Gasteiger partial charge in [-0.05, 0) is 31.2 Å². The SMILES string of the molecule is C[C@H]1O[C@@H](n2nc(-c3ccc(NC=O)cc3)c3c(Nc4ccccc4)ncnc32)[C@@H](O)[C@H]1O. The lowest BCUT2D eigenvalue weighted by Crippen LogP contribution is -2.30. The second kappa shape index (κ2) is 8.58. The fraction of sp³-hybridized carbons (Fsp3) is 0.217. The summed E-state index contributed by atoms with van der Waals surface area (Å²) in [7, 11) is 0. The minimum absolute atomic E-state index is 0.443. The molecule has 2 aromatic carbocycles. The molecule has 168 valence electrons. The van der Waals surface area contributed by atoms with Gasteiger partial charge in [-0.3, -0.25) is 4.79 Å². The van der Waals surface area contributed by atoms with E-state index in [-0.39, 0.29) is 0 Å². The molecule has 10 heteroatoms. The van der Waals surface area contributed by atoms with Crippen LogP contribution in [0.2, 0.25) is 0 Å². The smallest absolute Gasteiger partial charge is 0.211 e. The van der Waals surface area contributed by atoms with Gasteiger partial charge in [0.05, 0.1) is 11.5 Å². The number of benzene rings is 2. The number of hydrogen-bond donors (Lipinski definition) is 4. The first-order chi connectivity index (χ1) is 16.1. The van der Waals surface area contributed by atoms with Crippen molar-refractivity contribution in [2.45, 2.75) is 31.5 Å². The van der Waals surface area contributed by atoms with Crippen molar-refractivity contribution in [3.05, 3.63) is 60.9 Å². The van der Waals surface area contributed by atoms with Crippen LogP contribution in [0.5, 0.6) is 0 Å². The molecule has 1 amide bonds. The molecule has 1 aliphatic heterocycles. The summed E-state index contributed by atoms with van der Waals surface area (Å²) in [5, 5.41) is 32.1. The van der Waals surface area contributed by atoms with Crippen LogP contribution in [-0.2, 0) is 9.53 Å². The van der Waals surface area contributed by atoms with Crippen LogP contribution in [0.15, 0.2) is 60.9 Å². The third kappa shape index (κ3) is 3.80. The van der Waals surface area contributed by atoms with Crippen LogP contribution in [0.4, 0.5) is 17.2 Å². The fourth-order valence-corrected chi connectivity index (χ4v) is 3.93.